The lowest BCUT2D eigenvalue weighted by atomic mass is 9.49. The highest BCUT2D eigenvalue weighted by Gasteiger charge is 2.64. The van der Waals surface area contributed by atoms with Crippen molar-refractivity contribution >= 4 is 35.2 Å². The average Bonchev–Trinajstić information content (AvgIpc) is 3.67. The lowest BCUT2D eigenvalue weighted by molar-refractivity contribution is -0.164. The molecule has 3 fully saturated rings. The predicted molar refractivity (Wildman–Crippen MR) is 208 cm³/mol. The number of imide groups is 2. The van der Waals surface area contributed by atoms with Crippen molar-refractivity contribution in [2.45, 2.75) is 78.5 Å². The molecule has 12 heteroatoms. The first-order valence-corrected chi connectivity index (χ1v) is 19.6. The third kappa shape index (κ3) is 6.41. The molecule has 5 amide bonds. The van der Waals surface area contributed by atoms with Gasteiger partial charge in [-0.1, -0.05) is 27.7 Å². The molecule has 1 saturated carbocycles. The normalized spacial score (nSPS) is 24.2. The fraction of sp³-hybridized carbons (Fsp3) is 0.455. The van der Waals surface area contributed by atoms with Gasteiger partial charge in [0, 0.05) is 67.3 Å². The number of hydrogen-bond donors (Lipinski definition) is 2. The van der Waals surface area contributed by atoms with Gasteiger partial charge in [-0.15, -0.1) is 0 Å². The number of hydrogen-bond acceptors (Lipinski definition) is 9. The van der Waals surface area contributed by atoms with Gasteiger partial charge in [0.15, 0.2) is 0 Å². The first-order valence-electron chi connectivity index (χ1n) is 19.6. The number of aryl methyl sites for hydroxylation is 1. The number of carbonyl (C=O) groups is 5. The largest absolute Gasteiger partial charge is 0.489 e. The van der Waals surface area contributed by atoms with E-state index in [0.717, 1.165) is 78.6 Å². The number of piperazine rings is 1. The molecule has 0 spiro atoms. The number of carbonyl (C=O) groups excluding carboxylic acids is 5. The van der Waals surface area contributed by atoms with E-state index in [2.05, 4.69) is 54.2 Å². The molecule has 3 aliphatic heterocycles. The number of benzene rings is 3. The Hall–Kier alpha value is -5.54. The Morgan fingerprint density at radius 2 is 1.52 bits per heavy atom. The second-order valence-corrected chi connectivity index (χ2v) is 17.4. The average molecular weight is 757 g/mol. The summed E-state index contributed by atoms with van der Waals surface area (Å²) in [5, 5.41) is 14.8. The van der Waals surface area contributed by atoms with Crippen LogP contribution in [0.2, 0.25) is 0 Å². The van der Waals surface area contributed by atoms with Gasteiger partial charge in [0.2, 0.25) is 11.8 Å². The van der Waals surface area contributed by atoms with Gasteiger partial charge >= 0.3 is 0 Å². The van der Waals surface area contributed by atoms with E-state index in [9.17, 15) is 29.2 Å². The monoisotopic (exact) mass is 756 g/mol. The fourth-order valence-corrected chi connectivity index (χ4v) is 10.2. The Kier molecular flexibility index (Phi) is 9.27. The molecule has 0 radical (unpaired) electrons. The zero-order chi connectivity index (χ0) is 39.7. The minimum absolute atomic E-state index is 0.0982. The number of piperidine rings is 1. The number of nitrogens with zero attached hydrogens (tertiary/aromatic N) is 4. The summed E-state index contributed by atoms with van der Waals surface area (Å²) in [5.41, 5.74) is 5.43. The summed E-state index contributed by atoms with van der Waals surface area (Å²) in [6.07, 6.45) is 1.76. The molecular formula is C44H48N6O6. The summed E-state index contributed by atoms with van der Waals surface area (Å²) in [4.78, 5) is 70.1. The van der Waals surface area contributed by atoms with Crippen LogP contribution in [0.1, 0.15) is 93.9 Å². The second-order valence-electron chi connectivity index (χ2n) is 17.4. The number of fused-ring (bicyclic) bond motifs is 2. The minimum atomic E-state index is -0.960. The quantitative estimate of drug-likeness (QED) is 0.319. The Morgan fingerprint density at radius 3 is 2.09 bits per heavy atom. The van der Waals surface area contributed by atoms with Crippen LogP contribution in [0.25, 0.3) is 0 Å². The van der Waals surface area contributed by atoms with E-state index >= 15 is 0 Å². The first-order chi connectivity index (χ1) is 26.6. The second kappa shape index (κ2) is 13.9. The molecule has 0 unspecified atom stereocenters. The van der Waals surface area contributed by atoms with Crippen LogP contribution in [-0.2, 0) is 22.4 Å². The molecule has 3 aromatic rings. The van der Waals surface area contributed by atoms with Crippen molar-refractivity contribution in [1.29, 1.82) is 5.26 Å². The van der Waals surface area contributed by atoms with Crippen molar-refractivity contribution in [2.24, 2.45) is 16.7 Å². The molecule has 1 atom stereocenters. The van der Waals surface area contributed by atoms with Crippen molar-refractivity contribution in [3.05, 3.63) is 93.5 Å². The maximum Gasteiger partial charge on any atom is 0.262 e. The minimum Gasteiger partial charge on any atom is -0.489 e. The van der Waals surface area contributed by atoms with Crippen molar-refractivity contribution in [3.8, 4) is 11.8 Å². The van der Waals surface area contributed by atoms with Crippen molar-refractivity contribution in [2.75, 3.05) is 37.6 Å². The van der Waals surface area contributed by atoms with Crippen LogP contribution in [0.15, 0.2) is 54.6 Å². The van der Waals surface area contributed by atoms with Gasteiger partial charge in [0.05, 0.1) is 22.8 Å². The van der Waals surface area contributed by atoms with Gasteiger partial charge in [-0.25, -0.2) is 0 Å². The van der Waals surface area contributed by atoms with E-state index in [1.807, 2.05) is 55.5 Å². The van der Waals surface area contributed by atoms with Gasteiger partial charge in [-0.3, -0.25) is 39.1 Å². The molecule has 0 aromatic heterocycles. The lowest BCUT2D eigenvalue weighted by Crippen LogP contribution is -2.74. The van der Waals surface area contributed by atoms with Gasteiger partial charge < -0.3 is 15.0 Å². The number of nitriles is 1. The Labute approximate surface area is 327 Å². The third-order valence-electron chi connectivity index (χ3n) is 12.8. The summed E-state index contributed by atoms with van der Waals surface area (Å²) >= 11 is 0. The third-order valence-corrected chi connectivity index (χ3v) is 12.8. The summed E-state index contributed by atoms with van der Waals surface area (Å²) in [5.74, 6) is -0.916. The smallest absolute Gasteiger partial charge is 0.262 e. The Morgan fingerprint density at radius 1 is 0.893 bits per heavy atom. The lowest BCUT2D eigenvalue weighted by Gasteiger charge is -2.63. The van der Waals surface area contributed by atoms with E-state index in [4.69, 9.17) is 4.74 Å². The number of nitrogens with one attached hydrogen (secondary N) is 2. The molecule has 2 saturated heterocycles. The summed E-state index contributed by atoms with van der Waals surface area (Å²) in [7, 11) is 0. The van der Waals surface area contributed by atoms with Crippen molar-refractivity contribution in [3.63, 3.8) is 0 Å². The molecule has 0 bridgehead atoms. The van der Waals surface area contributed by atoms with E-state index in [0.29, 0.717) is 28.2 Å². The van der Waals surface area contributed by atoms with Gasteiger partial charge in [0.25, 0.3) is 17.7 Å². The van der Waals surface area contributed by atoms with Crippen LogP contribution in [-0.4, -0.2) is 90.2 Å². The molecule has 12 nitrogen and oxygen atoms in total. The highest BCUT2D eigenvalue weighted by molar-refractivity contribution is 6.23. The van der Waals surface area contributed by atoms with Crippen LogP contribution >= 0.6 is 0 Å². The molecule has 2 N–H and O–H groups in total. The molecule has 290 valence electrons. The van der Waals surface area contributed by atoms with E-state index in [1.54, 1.807) is 6.07 Å². The summed E-state index contributed by atoms with van der Waals surface area (Å²) < 4.78 is 6.46. The van der Waals surface area contributed by atoms with Crippen LogP contribution in [0.4, 0.5) is 5.69 Å². The van der Waals surface area contributed by atoms with Crippen LogP contribution in [0, 0.1) is 35.0 Å². The van der Waals surface area contributed by atoms with Crippen LogP contribution < -0.4 is 20.3 Å². The summed E-state index contributed by atoms with van der Waals surface area (Å²) in [6.45, 7) is 14.8. The number of amides is 5. The topological polar surface area (TPSA) is 152 Å². The molecule has 2 aliphatic carbocycles. The van der Waals surface area contributed by atoms with Gasteiger partial charge in [-0.2, -0.15) is 5.26 Å². The number of anilines is 1. The predicted octanol–water partition coefficient (Wildman–Crippen LogP) is 4.42. The molecule has 56 heavy (non-hydrogen) atoms. The van der Waals surface area contributed by atoms with Gasteiger partial charge in [0.1, 0.15) is 17.9 Å². The molecule has 3 heterocycles. The maximum absolute atomic E-state index is 13.5. The molecule has 8 rings (SSSR count). The standard InChI is InChI=1S/C44H48N6O6/c1-25-18-32(11-8-28(25)23-45)56-42-43(2,3)41(44(42,4)5)47-37(52)27-6-9-31(10-7-27)49-16-14-48(15-17-49)24-26-19-29-21-33-34(22-30(29)20-26)40(55)50(39(33)54)35-12-13-36(51)46-38(35)53/h6-11,18,21-22,26,35,41-42H,12-17,19-20,24H2,1-5H3,(H,47,52)(H,46,51,53)/t35-,41?,42?/m1/s1. The number of rotatable bonds is 8. The highest BCUT2D eigenvalue weighted by Crippen LogP contribution is 2.55. The van der Waals surface area contributed by atoms with Crippen molar-refractivity contribution in [1.82, 2.24) is 20.4 Å². The molecule has 5 aliphatic rings. The zero-order valence-electron chi connectivity index (χ0n) is 32.6. The zero-order valence-corrected chi connectivity index (χ0v) is 32.6. The van der Waals surface area contributed by atoms with Crippen LogP contribution in [0.5, 0.6) is 5.75 Å². The Balaban J connectivity index is 0.822. The fourth-order valence-electron chi connectivity index (χ4n) is 10.2. The molecular weight excluding hydrogens is 709 g/mol. The Bertz CT molecular complexity index is 2140. The number of ether oxygens (including phenoxy) is 1. The van der Waals surface area contributed by atoms with E-state index in [-0.39, 0.29) is 47.6 Å². The van der Waals surface area contributed by atoms with Gasteiger partial charge in [-0.05, 0) is 103 Å². The first kappa shape index (κ1) is 37.4. The molecule has 3 aromatic carbocycles. The van der Waals surface area contributed by atoms with Crippen molar-refractivity contribution < 1.29 is 28.7 Å². The SMILES string of the molecule is Cc1cc(OC2C(C)(C)C(NC(=O)c3ccc(N4CCN(CC5Cc6cc7c(cc6C5)C(=O)N([C@@H]5CCC(=O)NC5=O)C7=O)CC4)cc3)C2(C)C)ccc1C#N. The van der Waals surface area contributed by atoms with E-state index in [1.165, 1.54) is 0 Å². The van der Waals surface area contributed by atoms with E-state index < -0.39 is 23.8 Å². The maximum atomic E-state index is 13.5. The summed E-state index contributed by atoms with van der Waals surface area (Å²) in [6, 6.07) is 18.2. The van der Waals surface area contributed by atoms with Crippen LogP contribution in [0.3, 0.4) is 0 Å². The highest BCUT2D eigenvalue weighted by atomic mass is 16.5.